The van der Waals surface area contributed by atoms with Crippen LogP contribution in [-0.4, -0.2) is 35.0 Å². The van der Waals surface area contributed by atoms with Gasteiger partial charge in [0.25, 0.3) is 10.0 Å². The van der Waals surface area contributed by atoms with Gasteiger partial charge in [-0.3, -0.25) is 13.8 Å². The summed E-state index contributed by atoms with van der Waals surface area (Å²) in [7, 11) is -7.56. The Hall–Kier alpha value is -3.37. The maximum Gasteiger partial charge on any atom is 0.261 e. The highest BCUT2D eigenvalue weighted by atomic mass is 32.2. The second-order valence-corrected chi connectivity index (χ2v) is 11.6. The first kappa shape index (κ1) is 25.3. The van der Waals surface area contributed by atoms with Crippen LogP contribution < -0.4 is 14.3 Å². The third-order valence-electron chi connectivity index (χ3n) is 5.01. The number of rotatable bonds is 8. The van der Waals surface area contributed by atoms with Gasteiger partial charge in [0.15, 0.2) is 0 Å². The largest absolute Gasteiger partial charge is 0.324 e. The normalized spacial score (nSPS) is 12.6. The van der Waals surface area contributed by atoms with E-state index in [-0.39, 0.29) is 4.90 Å². The van der Waals surface area contributed by atoms with Crippen LogP contribution in [0.1, 0.15) is 18.1 Å². The van der Waals surface area contributed by atoms with Gasteiger partial charge in [0, 0.05) is 11.4 Å². The van der Waals surface area contributed by atoms with Gasteiger partial charge < -0.3 is 5.32 Å². The maximum absolute atomic E-state index is 12.9. The van der Waals surface area contributed by atoms with E-state index in [1.165, 1.54) is 31.2 Å². The second kappa shape index (κ2) is 9.86. The molecule has 3 aromatic carbocycles. The van der Waals surface area contributed by atoms with Crippen molar-refractivity contribution in [1.82, 2.24) is 0 Å². The van der Waals surface area contributed by atoms with Crippen LogP contribution in [0.15, 0.2) is 77.7 Å². The molecule has 0 aliphatic rings. The fraction of sp³-hybridized carbons (Fsp3) is 0.208. The number of hydrogen-bond acceptors (Lipinski definition) is 5. The van der Waals surface area contributed by atoms with Crippen molar-refractivity contribution in [1.29, 1.82) is 0 Å². The predicted octanol–water partition coefficient (Wildman–Crippen LogP) is 3.90. The first-order valence-electron chi connectivity index (χ1n) is 10.4. The Balaban J connectivity index is 1.78. The summed E-state index contributed by atoms with van der Waals surface area (Å²) in [6.45, 7) is 5.20. The smallest absolute Gasteiger partial charge is 0.261 e. The molecule has 3 rings (SSSR count). The van der Waals surface area contributed by atoms with E-state index in [1.54, 1.807) is 42.5 Å². The molecule has 0 spiro atoms. The summed E-state index contributed by atoms with van der Waals surface area (Å²) in [6, 6.07) is 18.4. The molecule has 0 saturated heterocycles. The van der Waals surface area contributed by atoms with Crippen LogP contribution in [0.5, 0.6) is 0 Å². The Kier molecular flexibility index (Phi) is 7.32. The number of amides is 1. The van der Waals surface area contributed by atoms with Crippen molar-refractivity contribution in [3.63, 3.8) is 0 Å². The Morgan fingerprint density at radius 1 is 0.824 bits per heavy atom. The number of aryl methyl sites for hydroxylation is 2. The maximum atomic E-state index is 12.9. The molecule has 34 heavy (non-hydrogen) atoms. The summed E-state index contributed by atoms with van der Waals surface area (Å²) >= 11 is 0. The van der Waals surface area contributed by atoms with Gasteiger partial charge in [-0.05, 0) is 80.4 Å². The summed E-state index contributed by atoms with van der Waals surface area (Å²) < 4.78 is 53.8. The van der Waals surface area contributed by atoms with Crippen molar-refractivity contribution in [2.45, 2.75) is 31.7 Å². The van der Waals surface area contributed by atoms with Crippen molar-refractivity contribution in [3.8, 4) is 0 Å². The lowest BCUT2D eigenvalue weighted by Crippen LogP contribution is -2.45. The van der Waals surface area contributed by atoms with E-state index in [9.17, 15) is 21.6 Å². The van der Waals surface area contributed by atoms with Crippen LogP contribution in [0, 0.1) is 13.8 Å². The summed E-state index contributed by atoms with van der Waals surface area (Å²) in [5, 5.41) is 2.66. The Labute approximate surface area is 200 Å². The molecule has 0 fully saturated rings. The zero-order valence-electron chi connectivity index (χ0n) is 19.3. The highest BCUT2D eigenvalue weighted by Crippen LogP contribution is 2.25. The van der Waals surface area contributed by atoms with Gasteiger partial charge in [-0.25, -0.2) is 16.8 Å². The quantitative estimate of drug-likeness (QED) is 0.486. The first-order valence-corrected chi connectivity index (χ1v) is 13.8. The van der Waals surface area contributed by atoms with E-state index in [2.05, 4.69) is 10.0 Å². The molecule has 3 aromatic rings. The zero-order chi connectivity index (χ0) is 25.1. The van der Waals surface area contributed by atoms with Gasteiger partial charge in [0.2, 0.25) is 15.9 Å². The number of para-hydroxylation sites is 1. The molecule has 0 radical (unpaired) electrons. The van der Waals surface area contributed by atoms with Gasteiger partial charge in [0.05, 0.1) is 16.8 Å². The van der Waals surface area contributed by atoms with Gasteiger partial charge in [-0.15, -0.1) is 0 Å². The predicted molar refractivity (Wildman–Crippen MR) is 135 cm³/mol. The topological polar surface area (TPSA) is 113 Å². The van der Waals surface area contributed by atoms with Crippen LogP contribution in [0.4, 0.5) is 17.1 Å². The standard InChI is InChI=1S/C24H27N3O5S2/c1-17-14-18(2)16-22(15-17)27(33(4,29)30)19(3)24(28)25-20-10-12-23(13-11-20)34(31,32)26-21-8-6-5-7-9-21/h5-16,19,26H,1-4H3,(H,25,28)/t19-/m0/s1. The molecule has 1 amide bonds. The van der Waals surface area contributed by atoms with Crippen LogP contribution in [0.3, 0.4) is 0 Å². The minimum Gasteiger partial charge on any atom is -0.324 e. The molecular formula is C24H27N3O5S2. The van der Waals surface area contributed by atoms with Crippen molar-refractivity contribution in [2.24, 2.45) is 0 Å². The lowest BCUT2D eigenvalue weighted by molar-refractivity contribution is -0.116. The van der Waals surface area contributed by atoms with E-state index in [0.717, 1.165) is 21.7 Å². The molecular weight excluding hydrogens is 474 g/mol. The van der Waals surface area contributed by atoms with Gasteiger partial charge in [0.1, 0.15) is 6.04 Å². The van der Waals surface area contributed by atoms with Gasteiger partial charge in [-0.2, -0.15) is 0 Å². The molecule has 0 saturated carbocycles. The molecule has 0 aliphatic carbocycles. The van der Waals surface area contributed by atoms with Crippen molar-refractivity contribution < 1.29 is 21.6 Å². The highest BCUT2D eigenvalue weighted by molar-refractivity contribution is 7.92. The summed E-state index contributed by atoms with van der Waals surface area (Å²) in [4.78, 5) is 12.9. The lowest BCUT2D eigenvalue weighted by atomic mass is 10.1. The summed E-state index contributed by atoms with van der Waals surface area (Å²) in [5.74, 6) is -0.553. The minimum atomic E-state index is -3.80. The fourth-order valence-electron chi connectivity index (χ4n) is 3.57. The van der Waals surface area contributed by atoms with Crippen LogP contribution in [0.2, 0.25) is 0 Å². The van der Waals surface area contributed by atoms with E-state index in [1.807, 2.05) is 19.9 Å². The molecule has 0 bridgehead atoms. The number of nitrogens with zero attached hydrogens (tertiary/aromatic N) is 1. The van der Waals surface area contributed by atoms with Crippen molar-refractivity contribution in [2.75, 3.05) is 20.6 Å². The van der Waals surface area contributed by atoms with E-state index in [0.29, 0.717) is 17.1 Å². The van der Waals surface area contributed by atoms with Crippen molar-refractivity contribution in [3.05, 3.63) is 83.9 Å². The summed E-state index contributed by atoms with van der Waals surface area (Å²) in [5.41, 5.74) is 2.91. The fourth-order valence-corrected chi connectivity index (χ4v) is 5.79. The molecule has 0 unspecified atom stereocenters. The Bertz CT molecular complexity index is 1370. The van der Waals surface area contributed by atoms with Crippen LogP contribution in [0.25, 0.3) is 0 Å². The molecule has 0 aliphatic heterocycles. The first-order chi connectivity index (χ1) is 15.9. The lowest BCUT2D eigenvalue weighted by Gasteiger charge is -2.28. The zero-order valence-corrected chi connectivity index (χ0v) is 20.9. The molecule has 10 heteroatoms. The Morgan fingerprint density at radius 3 is 1.91 bits per heavy atom. The summed E-state index contributed by atoms with van der Waals surface area (Å²) in [6.07, 6.45) is 1.05. The number of nitrogens with one attached hydrogen (secondary N) is 2. The monoisotopic (exact) mass is 501 g/mol. The van der Waals surface area contributed by atoms with Gasteiger partial charge >= 0.3 is 0 Å². The SMILES string of the molecule is Cc1cc(C)cc(N([C@@H](C)C(=O)Nc2ccc(S(=O)(=O)Nc3ccccc3)cc2)S(C)(=O)=O)c1. The highest BCUT2D eigenvalue weighted by Gasteiger charge is 2.29. The molecule has 0 heterocycles. The third-order valence-corrected chi connectivity index (χ3v) is 7.65. The minimum absolute atomic E-state index is 0.0235. The molecule has 2 N–H and O–H groups in total. The second-order valence-electron chi connectivity index (χ2n) is 8.07. The molecule has 8 nitrogen and oxygen atoms in total. The average molecular weight is 502 g/mol. The van der Waals surface area contributed by atoms with E-state index >= 15 is 0 Å². The van der Waals surface area contributed by atoms with Crippen molar-refractivity contribution >= 4 is 43.0 Å². The number of carbonyl (C=O) groups is 1. The molecule has 1 atom stereocenters. The van der Waals surface area contributed by atoms with Gasteiger partial charge in [-0.1, -0.05) is 24.3 Å². The number of sulfonamides is 2. The molecule has 0 aromatic heterocycles. The number of carbonyl (C=O) groups excluding carboxylic acids is 1. The molecule has 180 valence electrons. The van der Waals surface area contributed by atoms with E-state index in [4.69, 9.17) is 0 Å². The van der Waals surface area contributed by atoms with Crippen LogP contribution in [-0.2, 0) is 24.8 Å². The average Bonchev–Trinajstić information content (AvgIpc) is 2.73. The number of hydrogen-bond donors (Lipinski definition) is 2. The van der Waals surface area contributed by atoms with Crippen LogP contribution >= 0.6 is 0 Å². The van der Waals surface area contributed by atoms with E-state index < -0.39 is 32.0 Å². The number of benzene rings is 3. The number of anilines is 3. The third kappa shape index (κ3) is 6.15. The Morgan fingerprint density at radius 2 is 1.38 bits per heavy atom.